The largest absolute Gasteiger partial charge is 0.521 e. The molecule has 0 aromatic heterocycles. The van der Waals surface area contributed by atoms with Crippen molar-refractivity contribution in [2.45, 2.75) is 45.7 Å². The monoisotopic (exact) mass is 265 g/mol. The second-order valence-electron chi connectivity index (χ2n) is 3.84. The Morgan fingerprint density at radius 3 is 1.65 bits per heavy atom. The van der Waals surface area contributed by atoms with Crippen LogP contribution in [0.25, 0.3) is 0 Å². The maximum atomic E-state index is 9.18. The van der Waals surface area contributed by atoms with E-state index in [9.17, 15) is 5.11 Å². The molecule has 0 aliphatic carbocycles. The summed E-state index contributed by atoms with van der Waals surface area (Å²) in [6, 6.07) is 0. The van der Waals surface area contributed by atoms with Gasteiger partial charge in [-0.1, -0.05) is 6.92 Å². The van der Waals surface area contributed by atoms with Crippen molar-refractivity contribution in [2.75, 3.05) is 26.4 Å². The number of nitrogens with two attached hydrogens (primary N) is 1. The van der Waals surface area contributed by atoms with Gasteiger partial charge in [-0.25, -0.2) is 0 Å². The summed E-state index contributed by atoms with van der Waals surface area (Å²) in [5, 5.41) is 8.46. The summed E-state index contributed by atoms with van der Waals surface area (Å²) < 4.78 is 17.3. The molecule has 0 aromatic rings. The summed E-state index contributed by atoms with van der Waals surface area (Å²) >= 11 is 0. The maximum absolute atomic E-state index is 9.18. The molecule has 0 saturated carbocycles. The third kappa shape index (κ3) is 4.01. The van der Waals surface area contributed by atoms with Crippen molar-refractivity contribution in [2.24, 2.45) is 5.73 Å². The summed E-state index contributed by atoms with van der Waals surface area (Å²) in [6.07, 6.45) is 1.08. The van der Waals surface area contributed by atoms with Crippen molar-refractivity contribution >= 4 is 8.80 Å². The van der Waals surface area contributed by atoms with Crippen LogP contribution in [0.5, 0.6) is 0 Å². The number of aliphatic hydroxyl groups excluding tert-OH is 1. The topological polar surface area (TPSA) is 73.9 Å². The van der Waals surface area contributed by atoms with Gasteiger partial charge in [-0.2, -0.15) is 0 Å². The third-order valence-electron chi connectivity index (χ3n) is 2.80. The molecule has 5 nitrogen and oxygen atoms in total. The molecular formula is C11H27NO4Si. The first-order valence-corrected chi connectivity index (χ1v) is 8.09. The molecule has 104 valence electrons. The van der Waals surface area contributed by atoms with E-state index >= 15 is 0 Å². The molecule has 1 unspecified atom stereocenters. The number of hydrogen-bond acceptors (Lipinski definition) is 5. The molecule has 0 aliphatic rings. The average molecular weight is 265 g/mol. The predicted molar refractivity (Wildman–Crippen MR) is 69.5 cm³/mol. The quantitative estimate of drug-likeness (QED) is 0.578. The van der Waals surface area contributed by atoms with Crippen molar-refractivity contribution in [3.8, 4) is 0 Å². The molecule has 0 saturated heterocycles. The van der Waals surface area contributed by atoms with Gasteiger partial charge in [0.25, 0.3) is 0 Å². The van der Waals surface area contributed by atoms with Crippen molar-refractivity contribution in [1.82, 2.24) is 0 Å². The van der Waals surface area contributed by atoms with E-state index in [1.807, 2.05) is 27.7 Å². The highest BCUT2D eigenvalue weighted by molar-refractivity contribution is 6.64. The molecule has 0 rings (SSSR count). The zero-order valence-electron chi connectivity index (χ0n) is 11.5. The standard InChI is InChI=1S/C11H27NO4Si/c1-5-11(12,9-10-13)17(14-6-2,15-7-3)16-8-4/h13H,5-10,12H2,1-4H3. The Kier molecular flexibility index (Phi) is 8.19. The molecule has 0 fully saturated rings. The van der Waals surface area contributed by atoms with E-state index in [1.165, 1.54) is 0 Å². The fraction of sp³-hybridized carbons (Fsp3) is 1.00. The zero-order chi connectivity index (χ0) is 13.4. The van der Waals surface area contributed by atoms with Crippen molar-refractivity contribution < 1.29 is 18.4 Å². The van der Waals surface area contributed by atoms with Gasteiger partial charge < -0.3 is 24.1 Å². The smallest absolute Gasteiger partial charge is 0.396 e. The Morgan fingerprint density at radius 1 is 1.00 bits per heavy atom. The predicted octanol–water partition coefficient (Wildman–Crippen LogP) is 1.06. The van der Waals surface area contributed by atoms with Gasteiger partial charge in [-0.05, 0) is 33.6 Å². The maximum Gasteiger partial charge on any atom is 0.521 e. The minimum Gasteiger partial charge on any atom is -0.396 e. The highest BCUT2D eigenvalue weighted by Crippen LogP contribution is 2.28. The van der Waals surface area contributed by atoms with Gasteiger partial charge in [0.15, 0.2) is 0 Å². The van der Waals surface area contributed by atoms with Crippen LogP contribution in [0.4, 0.5) is 0 Å². The molecule has 0 spiro atoms. The summed E-state index contributed by atoms with van der Waals surface area (Å²) in [7, 11) is -2.95. The molecule has 17 heavy (non-hydrogen) atoms. The lowest BCUT2D eigenvalue weighted by Gasteiger charge is -2.42. The van der Waals surface area contributed by atoms with E-state index in [0.717, 1.165) is 0 Å². The number of hydrogen-bond donors (Lipinski definition) is 2. The summed E-state index contributed by atoms with van der Waals surface area (Å²) in [5.74, 6) is 0. The summed E-state index contributed by atoms with van der Waals surface area (Å²) in [6.45, 7) is 9.16. The third-order valence-corrected chi connectivity index (χ3v) is 6.63. The lowest BCUT2D eigenvalue weighted by molar-refractivity contribution is 0.0386. The van der Waals surface area contributed by atoms with E-state index in [2.05, 4.69) is 0 Å². The van der Waals surface area contributed by atoms with Gasteiger partial charge in [0.2, 0.25) is 0 Å². The first-order valence-electron chi connectivity index (χ1n) is 6.37. The highest BCUT2D eigenvalue weighted by atomic mass is 28.4. The molecule has 3 N–H and O–H groups in total. The van der Waals surface area contributed by atoms with Gasteiger partial charge in [-0.15, -0.1) is 0 Å². The van der Waals surface area contributed by atoms with Crippen LogP contribution < -0.4 is 5.73 Å². The fourth-order valence-corrected chi connectivity index (χ4v) is 4.98. The summed E-state index contributed by atoms with van der Waals surface area (Å²) in [5.41, 5.74) is 6.37. The first kappa shape index (κ1) is 17.0. The first-order chi connectivity index (χ1) is 8.05. The van der Waals surface area contributed by atoms with Crippen LogP contribution in [0.15, 0.2) is 0 Å². The average Bonchev–Trinajstić information content (AvgIpc) is 2.30. The van der Waals surface area contributed by atoms with Gasteiger partial charge >= 0.3 is 8.80 Å². The number of aliphatic hydroxyl groups is 1. The highest BCUT2D eigenvalue weighted by Gasteiger charge is 2.57. The molecule has 0 aromatic carbocycles. The minimum atomic E-state index is -2.95. The molecule has 0 aliphatic heterocycles. The van der Waals surface area contributed by atoms with Crippen LogP contribution in [0.1, 0.15) is 40.5 Å². The molecular weight excluding hydrogens is 238 g/mol. The van der Waals surface area contributed by atoms with E-state index < -0.39 is 14.0 Å². The van der Waals surface area contributed by atoms with Gasteiger partial charge in [-0.3, -0.25) is 0 Å². The van der Waals surface area contributed by atoms with E-state index in [0.29, 0.717) is 32.7 Å². The second-order valence-corrected chi connectivity index (χ2v) is 6.81. The van der Waals surface area contributed by atoms with Crippen molar-refractivity contribution in [1.29, 1.82) is 0 Å². The molecule has 0 heterocycles. The van der Waals surface area contributed by atoms with Crippen LogP contribution in [0.3, 0.4) is 0 Å². The van der Waals surface area contributed by atoms with Crippen LogP contribution in [-0.4, -0.2) is 45.5 Å². The van der Waals surface area contributed by atoms with Gasteiger partial charge in [0.1, 0.15) is 0 Å². The molecule has 0 radical (unpaired) electrons. The van der Waals surface area contributed by atoms with Crippen LogP contribution in [0.2, 0.25) is 0 Å². The molecule has 1 atom stereocenters. The lowest BCUT2D eigenvalue weighted by atomic mass is 10.2. The van der Waals surface area contributed by atoms with E-state index in [4.69, 9.17) is 19.0 Å². The second kappa shape index (κ2) is 8.18. The fourth-order valence-electron chi connectivity index (χ4n) is 1.87. The van der Waals surface area contributed by atoms with Gasteiger partial charge in [0, 0.05) is 26.4 Å². The Morgan fingerprint density at radius 2 is 1.41 bits per heavy atom. The van der Waals surface area contributed by atoms with Crippen molar-refractivity contribution in [3.05, 3.63) is 0 Å². The SMILES string of the molecule is CCO[Si](OCC)(OCC)C(N)(CC)CCO. The number of rotatable bonds is 10. The molecule has 0 amide bonds. The van der Waals surface area contributed by atoms with E-state index in [-0.39, 0.29) is 6.61 Å². The lowest BCUT2D eigenvalue weighted by Crippen LogP contribution is -2.70. The Hall–Kier alpha value is 0.0169. The van der Waals surface area contributed by atoms with Crippen molar-refractivity contribution in [3.63, 3.8) is 0 Å². The van der Waals surface area contributed by atoms with Crippen LogP contribution in [0, 0.1) is 0 Å². The normalized spacial score (nSPS) is 15.9. The Bertz CT molecular complexity index is 189. The van der Waals surface area contributed by atoms with E-state index in [1.54, 1.807) is 0 Å². The van der Waals surface area contributed by atoms with Crippen LogP contribution in [-0.2, 0) is 13.3 Å². The molecule has 0 bridgehead atoms. The van der Waals surface area contributed by atoms with Gasteiger partial charge in [0.05, 0.1) is 5.16 Å². The Balaban J connectivity index is 5.17. The van der Waals surface area contributed by atoms with Crippen LogP contribution >= 0.6 is 0 Å². The molecule has 6 heteroatoms. The summed E-state index contributed by atoms with van der Waals surface area (Å²) in [4.78, 5) is 0. The Labute approximate surface area is 106 Å². The zero-order valence-corrected chi connectivity index (χ0v) is 12.5. The minimum absolute atomic E-state index is 0.00626.